The molecule has 0 radical (unpaired) electrons. The fourth-order valence-electron chi connectivity index (χ4n) is 7.72. The molecule has 5 unspecified atom stereocenters. The summed E-state index contributed by atoms with van der Waals surface area (Å²) in [6.45, 7) is 2.11. The van der Waals surface area contributed by atoms with E-state index in [9.17, 15) is 28.8 Å². The first kappa shape index (κ1) is 35.6. The van der Waals surface area contributed by atoms with E-state index in [4.69, 9.17) is 4.42 Å². The first-order chi connectivity index (χ1) is 24.6. The molecule has 2 heterocycles. The summed E-state index contributed by atoms with van der Waals surface area (Å²) < 4.78 is 6.94. The van der Waals surface area contributed by atoms with Crippen molar-refractivity contribution in [3.63, 3.8) is 0 Å². The molecule has 12 nitrogen and oxygen atoms in total. The van der Waals surface area contributed by atoms with Crippen molar-refractivity contribution < 1.29 is 28.4 Å². The van der Waals surface area contributed by atoms with Gasteiger partial charge in [-0.3, -0.25) is 28.8 Å². The zero-order chi connectivity index (χ0) is 35.9. The number of nitrogens with one attached hydrogen (secondary N) is 4. The quantitative estimate of drug-likeness (QED) is 0.195. The van der Waals surface area contributed by atoms with Crippen LogP contribution in [0.25, 0.3) is 6.08 Å². The summed E-state index contributed by atoms with van der Waals surface area (Å²) in [5, 5.41) is 11.0. The van der Waals surface area contributed by atoms with Crippen molar-refractivity contribution in [2.75, 3.05) is 5.32 Å². The molecule has 2 aromatic heterocycles. The van der Waals surface area contributed by atoms with Crippen molar-refractivity contribution in [3.05, 3.63) is 93.8 Å². The summed E-state index contributed by atoms with van der Waals surface area (Å²) in [5.74, 6) is -1.21. The number of allylic oxidation sites excluding steroid dienone is 1. The molecule has 5 atom stereocenters. The molecule has 2 saturated carbocycles. The second-order valence-corrected chi connectivity index (χ2v) is 14.0. The maximum absolute atomic E-state index is 13.6. The van der Waals surface area contributed by atoms with Gasteiger partial charge in [-0.05, 0) is 91.7 Å². The maximum atomic E-state index is 13.6. The Hall–Kier alpha value is -5.26. The Labute approximate surface area is 296 Å². The van der Waals surface area contributed by atoms with Gasteiger partial charge < -0.3 is 30.3 Å². The van der Waals surface area contributed by atoms with E-state index < -0.39 is 35.1 Å². The molecule has 6 rings (SSSR count). The number of carbonyl (C=O) groups excluding carboxylic acids is 5. The van der Waals surface area contributed by atoms with E-state index in [1.165, 1.54) is 29.7 Å². The van der Waals surface area contributed by atoms with Crippen LogP contribution in [0.4, 0.5) is 5.69 Å². The number of anilines is 1. The van der Waals surface area contributed by atoms with Gasteiger partial charge in [0.1, 0.15) is 24.0 Å². The highest BCUT2D eigenvalue weighted by Crippen LogP contribution is 2.42. The van der Waals surface area contributed by atoms with Gasteiger partial charge in [-0.25, -0.2) is 0 Å². The van der Waals surface area contributed by atoms with Gasteiger partial charge in [0, 0.05) is 25.2 Å². The molecule has 0 aliphatic heterocycles. The Morgan fingerprint density at radius 3 is 2.65 bits per heavy atom. The second kappa shape index (κ2) is 16.2. The highest BCUT2D eigenvalue weighted by atomic mass is 16.4. The van der Waals surface area contributed by atoms with Crippen molar-refractivity contribution in [1.82, 2.24) is 20.5 Å². The van der Waals surface area contributed by atoms with Gasteiger partial charge in [0.25, 0.3) is 17.4 Å². The monoisotopic (exact) mass is 695 g/mol. The smallest absolute Gasteiger partial charge is 0.287 e. The van der Waals surface area contributed by atoms with E-state index in [1.54, 1.807) is 18.2 Å². The number of hydrogen-bond acceptors (Lipinski definition) is 7. The molecule has 268 valence electrons. The topological polar surface area (TPSA) is 169 Å². The van der Waals surface area contributed by atoms with Gasteiger partial charge in [0.2, 0.25) is 17.6 Å². The molecule has 3 aromatic rings. The van der Waals surface area contributed by atoms with E-state index >= 15 is 0 Å². The summed E-state index contributed by atoms with van der Waals surface area (Å²) in [4.78, 5) is 78.9. The average molecular weight is 696 g/mol. The highest BCUT2D eigenvalue weighted by molar-refractivity contribution is 6.36. The largest absolute Gasteiger partial charge is 0.451 e. The Balaban J connectivity index is 1.11. The van der Waals surface area contributed by atoms with E-state index in [0.717, 1.165) is 42.7 Å². The summed E-state index contributed by atoms with van der Waals surface area (Å²) >= 11 is 0. The Bertz CT molecular complexity index is 1860. The minimum Gasteiger partial charge on any atom is -0.451 e. The predicted molar refractivity (Wildman–Crippen MR) is 190 cm³/mol. The molecule has 2 bridgehead atoms. The van der Waals surface area contributed by atoms with Crippen molar-refractivity contribution in [1.29, 1.82) is 0 Å². The van der Waals surface area contributed by atoms with Crippen LogP contribution in [0.5, 0.6) is 0 Å². The molecule has 4 amide bonds. The highest BCUT2D eigenvalue weighted by Gasteiger charge is 2.38. The number of aryl methyl sites for hydroxylation is 1. The number of nitrogens with zero attached hydrogens (tertiary/aromatic N) is 1. The number of amides is 4. The number of benzene rings is 1. The van der Waals surface area contributed by atoms with Gasteiger partial charge in [-0.15, -0.1) is 0 Å². The van der Waals surface area contributed by atoms with Crippen LogP contribution in [0.15, 0.2) is 70.0 Å². The van der Waals surface area contributed by atoms with Crippen LogP contribution in [-0.2, 0) is 38.7 Å². The molecule has 0 saturated heterocycles. The molecular formula is C39H45N5O7. The number of aromatic nitrogens is 1. The minimum absolute atomic E-state index is 0.000363. The summed E-state index contributed by atoms with van der Waals surface area (Å²) in [6, 6.07) is 12.4. The first-order valence-electron chi connectivity index (χ1n) is 17.9. The third-order valence-corrected chi connectivity index (χ3v) is 10.3. The lowest BCUT2D eigenvalue weighted by molar-refractivity contribution is -0.138. The molecule has 4 N–H and O–H groups in total. The van der Waals surface area contributed by atoms with Crippen molar-refractivity contribution in [3.8, 4) is 0 Å². The summed E-state index contributed by atoms with van der Waals surface area (Å²) in [7, 11) is 0. The molecule has 2 fully saturated rings. The van der Waals surface area contributed by atoms with E-state index in [-0.39, 0.29) is 49.3 Å². The maximum Gasteiger partial charge on any atom is 0.287 e. The van der Waals surface area contributed by atoms with E-state index in [2.05, 4.69) is 28.2 Å². The number of rotatable bonds is 13. The Kier molecular flexibility index (Phi) is 11.3. The van der Waals surface area contributed by atoms with Crippen LogP contribution >= 0.6 is 0 Å². The lowest BCUT2D eigenvalue weighted by atomic mass is 9.65. The van der Waals surface area contributed by atoms with Crippen molar-refractivity contribution in [2.24, 2.45) is 17.8 Å². The van der Waals surface area contributed by atoms with Crippen LogP contribution < -0.4 is 26.8 Å². The number of Topliss-reactive ketones (excluding diaryl/α,β-unsaturated/α-hetero) is 1. The molecular weight excluding hydrogens is 650 g/mol. The van der Waals surface area contributed by atoms with Gasteiger partial charge in [0.05, 0.1) is 0 Å². The molecule has 51 heavy (non-hydrogen) atoms. The lowest BCUT2D eigenvalue weighted by Gasteiger charge is -2.44. The number of fused-ring (bicyclic) bond motifs is 3. The average Bonchev–Trinajstić information content (AvgIpc) is 3.57. The molecule has 1 aromatic carbocycles. The summed E-state index contributed by atoms with van der Waals surface area (Å²) in [6.07, 6.45) is 11.9. The summed E-state index contributed by atoms with van der Waals surface area (Å²) in [5.41, 5.74) is 0.989. The van der Waals surface area contributed by atoms with Crippen LogP contribution in [0.2, 0.25) is 0 Å². The van der Waals surface area contributed by atoms with Crippen LogP contribution in [0.3, 0.4) is 0 Å². The zero-order valence-corrected chi connectivity index (χ0v) is 28.8. The number of furan rings is 1. The lowest BCUT2D eigenvalue weighted by Crippen LogP contribution is -2.50. The number of pyridine rings is 1. The first-order valence-corrected chi connectivity index (χ1v) is 17.9. The molecule has 3 aliphatic rings. The zero-order valence-electron chi connectivity index (χ0n) is 28.8. The molecule has 3 aliphatic carbocycles. The molecule has 0 spiro atoms. The molecule has 12 heteroatoms. The van der Waals surface area contributed by atoms with Crippen molar-refractivity contribution in [2.45, 2.75) is 89.9 Å². The van der Waals surface area contributed by atoms with Crippen LogP contribution in [-0.4, -0.2) is 46.1 Å². The number of hydrogen-bond donors (Lipinski definition) is 4. The van der Waals surface area contributed by atoms with E-state index in [1.807, 2.05) is 36.4 Å². The fourth-order valence-corrected chi connectivity index (χ4v) is 7.72. The number of carbonyl (C=O) groups is 5. The predicted octanol–water partition coefficient (Wildman–Crippen LogP) is 4.13. The van der Waals surface area contributed by atoms with Gasteiger partial charge >= 0.3 is 0 Å². The van der Waals surface area contributed by atoms with Crippen LogP contribution in [0.1, 0.15) is 85.7 Å². The third kappa shape index (κ3) is 8.92. The Morgan fingerprint density at radius 2 is 1.84 bits per heavy atom. The van der Waals surface area contributed by atoms with Gasteiger partial charge in [-0.2, -0.15) is 0 Å². The third-order valence-electron chi connectivity index (χ3n) is 10.3. The van der Waals surface area contributed by atoms with Gasteiger partial charge in [-0.1, -0.05) is 56.2 Å². The van der Waals surface area contributed by atoms with E-state index in [0.29, 0.717) is 24.0 Å². The van der Waals surface area contributed by atoms with Gasteiger partial charge in [0.15, 0.2) is 5.76 Å². The SMILES string of the molecule is CC1CC2CCCC(C2)C1NC(=O)Cn1cccc(NC(=O)C(CCC(=O)C(=O)NCc2ccccc2)NC(=O)c2cc3c(o2)C=CCC3)c1=O. The normalized spacial score (nSPS) is 21.1. The Morgan fingerprint density at radius 1 is 1.02 bits per heavy atom. The minimum atomic E-state index is -1.30. The fraction of sp³-hybridized carbons (Fsp3) is 0.436. The second-order valence-electron chi connectivity index (χ2n) is 14.0. The number of ketones is 1. The van der Waals surface area contributed by atoms with Crippen LogP contribution in [0, 0.1) is 17.8 Å². The standard InChI is InChI=1S/C39H45N5O7/c1-24-19-26-11-7-13-28(20-26)35(24)43-34(46)23-44-18-8-14-30(39(44)50)42-36(47)29(41-38(49)33-21-27-12-5-6-15-32(27)51-33)16-17-31(45)37(48)40-22-25-9-3-2-4-10-25/h2-4,6,8-10,14-15,18,21,24,26,28-29,35H,5,7,11-13,16-17,19-20,22-23H2,1H3,(H,40,48)(H,41,49)(H,42,47)(H,43,46). The van der Waals surface area contributed by atoms with Crippen molar-refractivity contribution >= 4 is 41.2 Å².